The molecule has 0 saturated heterocycles. The number of hydrogen-bond donors (Lipinski definition) is 2. The predicted molar refractivity (Wildman–Crippen MR) is 159 cm³/mol. The number of aryl methyl sites for hydroxylation is 3. The number of nitrogens with zero attached hydrogens (tertiary/aromatic N) is 5. The lowest BCUT2D eigenvalue weighted by molar-refractivity contribution is 0.474. The Hall–Kier alpha value is -5.17. The predicted octanol–water partition coefficient (Wildman–Crippen LogP) is 7.09. The number of aromatic nitrogens is 4. The zero-order valence-electron chi connectivity index (χ0n) is 22.3. The summed E-state index contributed by atoms with van der Waals surface area (Å²) in [5.74, 6) is 1.38. The fraction of sp³-hybridized carbons (Fsp3) is 0.0968. The van der Waals surface area contributed by atoms with Gasteiger partial charge < -0.3 is 19.2 Å². The summed E-state index contributed by atoms with van der Waals surface area (Å²) in [5.41, 5.74) is 6.26. The normalized spacial score (nSPS) is 10.1. The summed E-state index contributed by atoms with van der Waals surface area (Å²) in [6, 6.07) is 23.0. The highest BCUT2D eigenvalue weighted by Crippen LogP contribution is 2.27. The Labute approximate surface area is 234 Å². The third-order valence-corrected chi connectivity index (χ3v) is 6.32. The zero-order chi connectivity index (χ0) is 28.6. The van der Waals surface area contributed by atoms with E-state index in [1.54, 1.807) is 18.3 Å². The second-order valence-electron chi connectivity index (χ2n) is 9.06. The van der Waals surface area contributed by atoms with Gasteiger partial charge in [0, 0.05) is 23.2 Å². The van der Waals surface area contributed by atoms with Crippen LogP contribution >= 0.6 is 9.39 Å². The molecule has 1 atom stereocenters. The van der Waals surface area contributed by atoms with E-state index in [4.69, 9.17) is 20.4 Å². The van der Waals surface area contributed by atoms with Crippen molar-refractivity contribution in [3.8, 4) is 29.4 Å². The van der Waals surface area contributed by atoms with Crippen LogP contribution in [0.3, 0.4) is 0 Å². The van der Waals surface area contributed by atoms with Gasteiger partial charge in [-0.2, -0.15) is 10.5 Å². The average molecular weight is 547 g/mol. The maximum atomic E-state index is 9.08. The van der Waals surface area contributed by atoms with E-state index < -0.39 is 0 Å². The molecule has 2 N–H and O–H groups in total. The Balaban J connectivity index is 0.000000150. The minimum absolute atomic E-state index is 0.203. The highest BCUT2D eigenvalue weighted by Gasteiger charge is 2.06. The van der Waals surface area contributed by atoms with Crippen molar-refractivity contribution in [3.05, 3.63) is 113 Å². The molecule has 6 rings (SSSR count). The number of nitrogens with one attached hydrogen (secondary N) is 1. The molecular formula is C31H27N6O2P. The van der Waals surface area contributed by atoms with Crippen LogP contribution in [0.15, 0.2) is 85.5 Å². The van der Waals surface area contributed by atoms with Crippen molar-refractivity contribution in [2.75, 3.05) is 0 Å². The Morgan fingerprint density at radius 3 is 2.30 bits per heavy atom. The summed E-state index contributed by atoms with van der Waals surface area (Å²) in [4.78, 5) is 11.3. The number of fused-ring (bicyclic) bond motifs is 2. The van der Waals surface area contributed by atoms with Crippen LogP contribution in [0.5, 0.6) is 17.2 Å². The van der Waals surface area contributed by atoms with Crippen LogP contribution in [-0.2, 0) is 0 Å². The summed E-state index contributed by atoms with van der Waals surface area (Å²) in [5, 5.41) is 28.6. The van der Waals surface area contributed by atoms with E-state index >= 15 is 0 Å². The molecule has 0 spiro atoms. The first-order chi connectivity index (χ1) is 19.3. The van der Waals surface area contributed by atoms with Gasteiger partial charge in [0.05, 0.1) is 29.6 Å². The Morgan fingerprint density at radius 1 is 0.850 bits per heavy atom. The van der Waals surface area contributed by atoms with Gasteiger partial charge in [0.15, 0.2) is 0 Å². The standard InChI is InChI=1S/C15H11N3O.C9H9N.C7H7N2OP/c1-10-2-3-12(8-16)14(6-10)19-13-7-11-4-5-17-15(11)18-9-13;1-7-3-4-9(6-10)8(2)5-7;10-6-3-5-1-2-9(11)7(5)8-4-6/h2-7,9H,1H3,(H,17,18);3-5H,1-2H3;1-4,10H,11H2. The molecule has 0 saturated carbocycles. The molecule has 0 aliphatic rings. The highest BCUT2D eigenvalue weighted by molar-refractivity contribution is 7.14. The van der Waals surface area contributed by atoms with E-state index in [1.165, 1.54) is 11.8 Å². The molecule has 2 aromatic carbocycles. The topological polar surface area (TPSA) is 124 Å². The lowest BCUT2D eigenvalue weighted by atomic mass is 10.1. The number of pyridine rings is 2. The van der Waals surface area contributed by atoms with Crippen LogP contribution in [-0.4, -0.2) is 24.4 Å². The highest BCUT2D eigenvalue weighted by atomic mass is 31.0. The summed E-state index contributed by atoms with van der Waals surface area (Å²) in [7, 11) is 2.52. The Kier molecular flexibility index (Phi) is 8.76. The van der Waals surface area contributed by atoms with Crippen molar-refractivity contribution >= 4 is 31.5 Å². The van der Waals surface area contributed by atoms with Crippen molar-refractivity contribution in [2.24, 2.45) is 0 Å². The molecule has 4 aromatic heterocycles. The molecule has 0 aliphatic heterocycles. The van der Waals surface area contributed by atoms with Gasteiger partial charge in [-0.15, -0.1) is 0 Å². The number of H-pyrrole nitrogens is 1. The molecule has 8 nitrogen and oxygen atoms in total. The quantitative estimate of drug-likeness (QED) is 0.224. The summed E-state index contributed by atoms with van der Waals surface area (Å²) < 4.78 is 7.59. The van der Waals surface area contributed by atoms with E-state index in [9.17, 15) is 0 Å². The second-order valence-corrected chi connectivity index (χ2v) is 9.62. The number of aromatic amines is 1. The van der Waals surface area contributed by atoms with Gasteiger partial charge in [-0.05, 0) is 83.8 Å². The summed E-state index contributed by atoms with van der Waals surface area (Å²) >= 11 is 0. The molecular weight excluding hydrogens is 519 g/mol. The maximum Gasteiger partial charge on any atom is 0.146 e. The van der Waals surface area contributed by atoms with Gasteiger partial charge in [0.25, 0.3) is 0 Å². The van der Waals surface area contributed by atoms with E-state index in [0.717, 1.165) is 38.8 Å². The van der Waals surface area contributed by atoms with Crippen molar-refractivity contribution in [3.63, 3.8) is 0 Å². The molecule has 6 aromatic rings. The number of ether oxygens (including phenoxy) is 1. The molecule has 0 fully saturated rings. The first kappa shape index (κ1) is 27.9. The monoisotopic (exact) mass is 546 g/mol. The van der Waals surface area contributed by atoms with Crippen LogP contribution in [0.2, 0.25) is 0 Å². The SMILES string of the molecule is Cc1ccc(C#N)c(C)c1.Cc1ccc(C#N)c(Oc2cnc3[nH]ccc3c2)c1.Oc1cnc2c(ccn2P)c1. The third kappa shape index (κ3) is 6.82. The number of aromatic hydroxyl groups is 1. The summed E-state index contributed by atoms with van der Waals surface area (Å²) in [6.45, 7) is 5.93. The smallest absolute Gasteiger partial charge is 0.146 e. The van der Waals surface area contributed by atoms with Crippen LogP contribution in [0.4, 0.5) is 0 Å². The van der Waals surface area contributed by atoms with Crippen molar-refractivity contribution in [1.29, 1.82) is 10.5 Å². The molecule has 0 aliphatic carbocycles. The number of nitriles is 2. The molecule has 198 valence electrons. The lowest BCUT2D eigenvalue weighted by Crippen LogP contribution is -1.90. The minimum Gasteiger partial charge on any atom is -0.506 e. The van der Waals surface area contributed by atoms with Crippen LogP contribution in [0, 0.1) is 43.4 Å². The van der Waals surface area contributed by atoms with E-state index in [0.29, 0.717) is 17.1 Å². The first-order valence-electron chi connectivity index (χ1n) is 12.3. The van der Waals surface area contributed by atoms with Crippen molar-refractivity contribution < 1.29 is 9.84 Å². The van der Waals surface area contributed by atoms with Gasteiger partial charge in [0.1, 0.15) is 34.6 Å². The second kappa shape index (κ2) is 12.6. The van der Waals surface area contributed by atoms with Crippen LogP contribution in [0.1, 0.15) is 27.8 Å². The van der Waals surface area contributed by atoms with Crippen LogP contribution < -0.4 is 4.74 Å². The van der Waals surface area contributed by atoms with E-state index in [2.05, 4.69) is 36.5 Å². The van der Waals surface area contributed by atoms with Crippen molar-refractivity contribution in [2.45, 2.75) is 20.8 Å². The van der Waals surface area contributed by atoms with Crippen molar-refractivity contribution in [1.82, 2.24) is 19.3 Å². The summed E-state index contributed by atoms with van der Waals surface area (Å²) in [6.07, 6.45) is 6.78. The van der Waals surface area contributed by atoms with E-state index in [-0.39, 0.29) is 5.75 Å². The molecule has 0 radical (unpaired) electrons. The first-order valence-corrected chi connectivity index (χ1v) is 12.8. The minimum atomic E-state index is 0.203. The van der Waals surface area contributed by atoms with Gasteiger partial charge >= 0.3 is 0 Å². The zero-order valence-corrected chi connectivity index (χ0v) is 23.4. The number of hydrogen-bond acceptors (Lipinski definition) is 6. The Morgan fingerprint density at radius 2 is 1.57 bits per heavy atom. The fourth-order valence-corrected chi connectivity index (χ4v) is 4.18. The van der Waals surface area contributed by atoms with Crippen LogP contribution in [0.25, 0.3) is 22.1 Å². The molecule has 40 heavy (non-hydrogen) atoms. The van der Waals surface area contributed by atoms with E-state index in [1.807, 2.05) is 86.0 Å². The van der Waals surface area contributed by atoms with Gasteiger partial charge in [-0.3, -0.25) is 0 Å². The average Bonchev–Trinajstić information content (AvgIpc) is 3.55. The number of rotatable bonds is 2. The largest absolute Gasteiger partial charge is 0.506 e. The lowest BCUT2D eigenvalue weighted by Gasteiger charge is -2.07. The van der Waals surface area contributed by atoms with Gasteiger partial charge in [0.2, 0.25) is 0 Å². The maximum absolute atomic E-state index is 9.08. The van der Waals surface area contributed by atoms with Gasteiger partial charge in [-0.25, -0.2) is 9.97 Å². The number of benzene rings is 2. The third-order valence-electron chi connectivity index (χ3n) is 5.90. The molecule has 0 bridgehead atoms. The molecule has 0 amide bonds. The van der Waals surface area contributed by atoms with Gasteiger partial charge in [-0.1, -0.05) is 23.8 Å². The molecule has 1 unspecified atom stereocenters. The Bertz CT molecular complexity index is 1880. The molecule has 9 heteroatoms. The molecule has 4 heterocycles. The fourth-order valence-electron chi connectivity index (χ4n) is 3.88.